The van der Waals surface area contributed by atoms with Crippen molar-refractivity contribution in [3.05, 3.63) is 16.6 Å². The van der Waals surface area contributed by atoms with Crippen LogP contribution in [0.5, 0.6) is 0 Å². The van der Waals surface area contributed by atoms with Gasteiger partial charge in [0.05, 0.1) is 11.2 Å². The molecule has 0 radical (unpaired) electrons. The molecule has 0 aliphatic rings. The van der Waals surface area contributed by atoms with E-state index < -0.39 is 0 Å². The third-order valence-electron chi connectivity index (χ3n) is 2.47. The summed E-state index contributed by atoms with van der Waals surface area (Å²) in [6.07, 6.45) is 2.26. The van der Waals surface area contributed by atoms with Gasteiger partial charge >= 0.3 is 0 Å². The molecular formula is C10H19N3S. The Morgan fingerprint density at radius 1 is 1.64 bits per heavy atom. The van der Waals surface area contributed by atoms with Gasteiger partial charge in [0.1, 0.15) is 0 Å². The van der Waals surface area contributed by atoms with E-state index in [9.17, 15) is 0 Å². The number of thiazole rings is 1. The fourth-order valence-corrected chi connectivity index (χ4v) is 1.91. The third kappa shape index (κ3) is 3.74. The first-order valence-corrected chi connectivity index (χ1v) is 5.95. The maximum absolute atomic E-state index is 5.48. The fraction of sp³-hybridized carbons (Fsp3) is 0.700. The first-order valence-electron chi connectivity index (χ1n) is 5.01. The summed E-state index contributed by atoms with van der Waals surface area (Å²) in [5.74, 6) is 0. The highest BCUT2D eigenvalue weighted by Crippen LogP contribution is 2.09. The molecule has 0 bridgehead atoms. The van der Waals surface area contributed by atoms with Crippen molar-refractivity contribution in [2.24, 2.45) is 5.73 Å². The van der Waals surface area contributed by atoms with Crippen LogP contribution in [0.15, 0.2) is 10.9 Å². The normalized spacial score (nSPS) is 13.4. The van der Waals surface area contributed by atoms with Gasteiger partial charge in [-0.15, -0.1) is 11.3 Å². The van der Waals surface area contributed by atoms with E-state index in [1.807, 2.05) is 5.51 Å². The molecular weight excluding hydrogens is 194 g/mol. The molecule has 0 saturated heterocycles. The average molecular weight is 213 g/mol. The standard InChI is InChI=1S/C10H19N3S/c1-9(4-3-5-11)13(2)6-10-7-14-8-12-10/h7-9H,3-6,11H2,1-2H3. The van der Waals surface area contributed by atoms with Gasteiger partial charge in [0.25, 0.3) is 0 Å². The van der Waals surface area contributed by atoms with E-state index in [4.69, 9.17) is 5.73 Å². The number of aromatic nitrogens is 1. The molecule has 0 aliphatic carbocycles. The van der Waals surface area contributed by atoms with Gasteiger partial charge in [0.2, 0.25) is 0 Å². The number of hydrogen-bond acceptors (Lipinski definition) is 4. The van der Waals surface area contributed by atoms with E-state index in [0.29, 0.717) is 6.04 Å². The highest BCUT2D eigenvalue weighted by molar-refractivity contribution is 7.07. The van der Waals surface area contributed by atoms with Gasteiger partial charge in [-0.25, -0.2) is 4.98 Å². The fourth-order valence-electron chi connectivity index (χ4n) is 1.36. The van der Waals surface area contributed by atoms with E-state index in [1.54, 1.807) is 11.3 Å². The molecule has 0 saturated carbocycles. The average Bonchev–Trinajstić information content (AvgIpc) is 2.66. The maximum atomic E-state index is 5.48. The quantitative estimate of drug-likeness (QED) is 0.782. The Labute approximate surface area is 89.9 Å². The first-order chi connectivity index (χ1) is 6.74. The van der Waals surface area contributed by atoms with Crippen molar-refractivity contribution in [1.29, 1.82) is 0 Å². The Balaban J connectivity index is 2.30. The predicted molar refractivity (Wildman–Crippen MR) is 61.3 cm³/mol. The first kappa shape index (κ1) is 11.6. The SMILES string of the molecule is CC(CCCN)N(C)Cc1cscn1. The van der Waals surface area contributed by atoms with E-state index in [2.05, 4.69) is 29.2 Å². The Bertz CT molecular complexity index is 236. The third-order valence-corrected chi connectivity index (χ3v) is 3.11. The van der Waals surface area contributed by atoms with Crippen LogP contribution in [0.1, 0.15) is 25.5 Å². The van der Waals surface area contributed by atoms with E-state index in [0.717, 1.165) is 31.6 Å². The summed E-state index contributed by atoms with van der Waals surface area (Å²) in [6.45, 7) is 3.96. The molecule has 14 heavy (non-hydrogen) atoms. The summed E-state index contributed by atoms with van der Waals surface area (Å²) in [4.78, 5) is 6.60. The van der Waals surface area contributed by atoms with Crippen LogP contribution in [0, 0.1) is 0 Å². The summed E-state index contributed by atoms with van der Waals surface area (Å²) in [5, 5.41) is 2.10. The zero-order valence-corrected chi connectivity index (χ0v) is 9.76. The number of nitrogens with zero attached hydrogens (tertiary/aromatic N) is 2. The van der Waals surface area contributed by atoms with Crippen LogP contribution in [-0.2, 0) is 6.54 Å². The Morgan fingerprint density at radius 2 is 2.43 bits per heavy atom. The van der Waals surface area contributed by atoms with Crippen LogP contribution in [0.4, 0.5) is 0 Å². The summed E-state index contributed by atoms with van der Waals surface area (Å²) in [6, 6.07) is 0.584. The number of rotatable bonds is 6. The second-order valence-electron chi connectivity index (χ2n) is 3.67. The van der Waals surface area contributed by atoms with Gasteiger partial charge < -0.3 is 5.73 Å². The van der Waals surface area contributed by atoms with Gasteiger partial charge in [-0.1, -0.05) is 0 Å². The smallest absolute Gasteiger partial charge is 0.0795 e. The molecule has 0 aromatic carbocycles. The van der Waals surface area contributed by atoms with Crippen molar-refractivity contribution in [3.63, 3.8) is 0 Å². The molecule has 1 atom stereocenters. The molecule has 1 unspecified atom stereocenters. The molecule has 4 heteroatoms. The van der Waals surface area contributed by atoms with Gasteiger partial charge in [-0.3, -0.25) is 4.90 Å². The minimum Gasteiger partial charge on any atom is -0.330 e. The maximum Gasteiger partial charge on any atom is 0.0795 e. The monoisotopic (exact) mass is 213 g/mol. The van der Waals surface area contributed by atoms with Gasteiger partial charge in [0, 0.05) is 18.0 Å². The van der Waals surface area contributed by atoms with E-state index in [1.165, 1.54) is 0 Å². The molecule has 1 rings (SSSR count). The molecule has 0 fully saturated rings. The van der Waals surface area contributed by atoms with Crippen LogP contribution < -0.4 is 5.73 Å². The second-order valence-corrected chi connectivity index (χ2v) is 4.39. The molecule has 1 aromatic rings. The van der Waals surface area contributed by atoms with Crippen molar-refractivity contribution >= 4 is 11.3 Å². The lowest BCUT2D eigenvalue weighted by Gasteiger charge is -2.23. The van der Waals surface area contributed by atoms with Crippen molar-refractivity contribution in [2.45, 2.75) is 32.4 Å². The summed E-state index contributed by atoms with van der Waals surface area (Å²) in [5.41, 5.74) is 8.53. The second kappa shape index (κ2) is 6.11. The zero-order chi connectivity index (χ0) is 10.4. The van der Waals surface area contributed by atoms with Crippen molar-refractivity contribution in [1.82, 2.24) is 9.88 Å². The van der Waals surface area contributed by atoms with Crippen molar-refractivity contribution < 1.29 is 0 Å². The van der Waals surface area contributed by atoms with Crippen molar-refractivity contribution in [3.8, 4) is 0 Å². The Morgan fingerprint density at radius 3 is 3.00 bits per heavy atom. The number of hydrogen-bond donors (Lipinski definition) is 1. The summed E-state index contributed by atoms with van der Waals surface area (Å²) < 4.78 is 0. The topological polar surface area (TPSA) is 42.1 Å². The molecule has 80 valence electrons. The molecule has 2 N–H and O–H groups in total. The van der Waals surface area contributed by atoms with Crippen LogP contribution in [-0.4, -0.2) is 29.5 Å². The molecule has 1 aromatic heterocycles. The minimum atomic E-state index is 0.584. The van der Waals surface area contributed by atoms with Crippen molar-refractivity contribution in [2.75, 3.05) is 13.6 Å². The lowest BCUT2D eigenvalue weighted by Crippen LogP contribution is -2.29. The van der Waals surface area contributed by atoms with Gasteiger partial charge in [-0.05, 0) is 33.4 Å². The molecule has 0 spiro atoms. The molecule has 0 aliphatic heterocycles. The molecule has 0 amide bonds. The lowest BCUT2D eigenvalue weighted by molar-refractivity contribution is 0.233. The van der Waals surface area contributed by atoms with Crippen LogP contribution in [0.3, 0.4) is 0 Å². The van der Waals surface area contributed by atoms with Crippen LogP contribution >= 0.6 is 11.3 Å². The summed E-state index contributed by atoms with van der Waals surface area (Å²) in [7, 11) is 2.14. The van der Waals surface area contributed by atoms with Gasteiger partial charge in [0.15, 0.2) is 0 Å². The Kier molecular flexibility index (Phi) is 5.07. The number of nitrogens with two attached hydrogens (primary N) is 1. The van der Waals surface area contributed by atoms with Crippen LogP contribution in [0.25, 0.3) is 0 Å². The van der Waals surface area contributed by atoms with Gasteiger partial charge in [-0.2, -0.15) is 0 Å². The zero-order valence-electron chi connectivity index (χ0n) is 8.94. The highest BCUT2D eigenvalue weighted by atomic mass is 32.1. The predicted octanol–water partition coefficient (Wildman–Crippen LogP) is 1.70. The highest BCUT2D eigenvalue weighted by Gasteiger charge is 2.09. The molecule has 3 nitrogen and oxygen atoms in total. The minimum absolute atomic E-state index is 0.584. The Hall–Kier alpha value is -0.450. The molecule has 1 heterocycles. The largest absolute Gasteiger partial charge is 0.330 e. The summed E-state index contributed by atoms with van der Waals surface area (Å²) >= 11 is 1.65. The van der Waals surface area contributed by atoms with E-state index >= 15 is 0 Å². The lowest BCUT2D eigenvalue weighted by atomic mass is 10.1. The van der Waals surface area contributed by atoms with E-state index in [-0.39, 0.29) is 0 Å². The van der Waals surface area contributed by atoms with Crippen LogP contribution in [0.2, 0.25) is 0 Å².